The maximum Gasteiger partial charge on any atom is 0.239 e. The average Bonchev–Trinajstić information content (AvgIpc) is 2.52. The van der Waals surface area contributed by atoms with E-state index in [9.17, 15) is 9.59 Å². The van der Waals surface area contributed by atoms with E-state index in [-0.39, 0.29) is 30.4 Å². The molecule has 0 unspecified atom stereocenters. The van der Waals surface area contributed by atoms with Gasteiger partial charge in [-0.15, -0.1) is 0 Å². The number of fused-ring (bicyclic) bond motifs is 1. The summed E-state index contributed by atoms with van der Waals surface area (Å²) in [5, 5.41) is 3.03. The molecule has 1 aromatic rings. The SMILES string of the molecule is O=C1CN(C(=O)CCc2ccccn2)[C@@H]2CCCC[C@H]2N1. The number of carbonyl (C=O) groups excluding carboxylic acids is 2. The van der Waals surface area contributed by atoms with E-state index in [0.717, 1.165) is 31.4 Å². The van der Waals surface area contributed by atoms with Gasteiger partial charge in [0, 0.05) is 24.4 Å². The number of aromatic nitrogens is 1. The standard InChI is InChI=1S/C16H21N3O2/c20-15-11-19(14-7-2-1-6-13(14)18-15)16(21)9-8-12-5-3-4-10-17-12/h3-5,10,13-14H,1-2,6-9,11H2,(H,18,20)/t13-,14-/m1/s1. The number of carbonyl (C=O) groups is 2. The molecule has 0 radical (unpaired) electrons. The van der Waals surface area contributed by atoms with E-state index in [2.05, 4.69) is 10.3 Å². The summed E-state index contributed by atoms with van der Waals surface area (Å²) in [7, 11) is 0. The van der Waals surface area contributed by atoms with Gasteiger partial charge in [-0.25, -0.2) is 0 Å². The summed E-state index contributed by atoms with van der Waals surface area (Å²) in [5.74, 6) is 0.0525. The summed E-state index contributed by atoms with van der Waals surface area (Å²) in [6.45, 7) is 0.211. The number of nitrogens with zero attached hydrogens (tertiary/aromatic N) is 2. The second-order valence-corrected chi connectivity index (χ2v) is 5.87. The normalized spacial score (nSPS) is 25.1. The summed E-state index contributed by atoms with van der Waals surface area (Å²) in [6, 6.07) is 6.07. The van der Waals surface area contributed by atoms with Crippen LogP contribution in [0.1, 0.15) is 37.8 Å². The van der Waals surface area contributed by atoms with Crippen LogP contribution in [0, 0.1) is 0 Å². The summed E-state index contributed by atoms with van der Waals surface area (Å²) >= 11 is 0. The highest BCUT2D eigenvalue weighted by Gasteiger charge is 2.38. The van der Waals surface area contributed by atoms with E-state index < -0.39 is 0 Å². The minimum absolute atomic E-state index is 0.0238. The number of rotatable bonds is 3. The van der Waals surface area contributed by atoms with Crippen LogP contribution in [0.4, 0.5) is 0 Å². The van der Waals surface area contributed by atoms with Gasteiger partial charge in [-0.1, -0.05) is 18.9 Å². The molecule has 1 saturated heterocycles. The van der Waals surface area contributed by atoms with Gasteiger partial charge in [0.25, 0.3) is 0 Å². The van der Waals surface area contributed by atoms with Crippen LogP contribution in [0.25, 0.3) is 0 Å². The Morgan fingerprint density at radius 2 is 2.19 bits per heavy atom. The molecule has 5 nitrogen and oxygen atoms in total. The Morgan fingerprint density at radius 3 is 3.00 bits per heavy atom. The highest BCUT2D eigenvalue weighted by atomic mass is 16.2. The fourth-order valence-electron chi connectivity index (χ4n) is 3.37. The van der Waals surface area contributed by atoms with Gasteiger partial charge in [0.1, 0.15) is 0 Å². The van der Waals surface area contributed by atoms with Gasteiger partial charge in [0.2, 0.25) is 11.8 Å². The highest BCUT2D eigenvalue weighted by Crippen LogP contribution is 2.26. The van der Waals surface area contributed by atoms with Crippen LogP contribution in [0.2, 0.25) is 0 Å². The van der Waals surface area contributed by atoms with Gasteiger partial charge >= 0.3 is 0 Å². The van der Waals surface area contributed by atoms with Crippen molar-refractivity contribution >= 4 is 11.8 Å². The predicted octanol–water partition coefficient (Wildman–Crippen LogP) is 1.28. The number of piperazine rings is 1. The van der Waals surface area contributed by atoms with Crippen LogP contribution >= 0.6 is 0 Å². The van der Waals surface area contributed by atoms with Gasteiger partial charge in [0.15, 0.2) is 0 Å². The Labute approximate surface area is 124 Å². The molecule has 2 amide bonds. The summed E-state index contributed by atoms with van der Waals surface area (Å²) in [4.78, 5) is 30.3. The number of aryl methyl sites for hydroxylation is 1. The zero-order chi connectivity index (χ0) is 14.7. The molecule has 1 saturated carbocycles. The number of amides is 2. The zero-order valence-corrected chi connectivity index (χ0v) is 12.1. The Balaban J connectivity index is 1.63. The number of pyridine rings is 1. The third-order valence-corrected chi connectivity index (χ3v) is 4.43. The smallest absolute Gasteiger partial charge is 0.239 e. The lowest BCUT2D eigenvalue weighted by Crippen LogP contribution is -2.62. The van der Waals surface area contributed by atoms with Gasteiger partial charge in [-0.05, 0) is 31.4 Å². The van der Waals surface area contributed by atoms with Crippen molar-refractivity contribution in [3.05, 3.63) is 30.1 Å². The predicted molar refractivity (Wildman–Crippen MR) is 78.5 cm³/mol. The van der Waals surface area contributed by atoms with Crippen molar-refractivity contribution in [1.29, 1.82) is 0 Å². The maximum atomic E-state index is 12.5. The molecule has 1 aliphatic heterocycles. The van der Waals surface area contributed by atoms with E-state index in [1.165, 1.54) is 0 Å². The summed E-state index contributed by atoms with van der Waals surface area (Å²) < 4.78 is 0. The maximum absolute atomic E-state index is 12.5. The first kappa shape index (κ1) is 14.0. The lowest BCUT2D eigenvalue weighted by atomic mass is 9.87. The lowest BCUT2D eigenvalue weighted by molar-refractivity contribution is -0.144. The molecule has 2 fully saturated rings. The van der Waals surface area contributed by atoms with Crippen LogP contribution in [-0.2, 0) is 16.0 Å². The molecule has 5 heteroatoms. The molecule has 3 rings (SSSR count). The van der Waals surface area contributed by atoms with Gasteiger partial charge < -0.3 is 10.2 Å². The van der Waals surface area contributed by atoms with Crippen LogP contribution in [-0.4, -0.2) is 40.3 Å². The molecule has 0 bridgehead atoms. The molecular formula is C16H21N3O2. The van der Waals surface area contributed by atoms with Crippen molar-refractivity contribution < 1.29 is 9.59 Å². The highest BCUT2D eigenvalue weighted by molar-refractivity contribution is 5.86. The first-order valence-electron chi connectivity index (χ1n) is 7.73. The van der Waals surface area contributed by atoms with E-state index in [1.807, 2.05) is 18.2 Å². The van der Waals surface area contributed by atoms with E-state index in [1.54, 1.807) is 11.1 Å². The van der Waals surface area contributed by atoms with Crippen LogP contribution < -0.4 is 5.32 Å². The van der Waals surface area contributed by atoms with Crippen LogP contribution in [0.15, 0.2) is 24.4 Å². The van der Waals surface area contributed by atoms with E-state index in [4.69, 9.17) is 0 Å². The first-order valence-corrected chi connectivity index (χ1v) is 7.73. The summed E-state index contributed by atoms with van der Waals surface area (Å²) in [5.41, 5.74) is 0.924. The van der Waals surface area contributed by atoms with E-state index >= 15 is 0 Å². The Morgan fingerprint density at radius 1 is 1.33 bits per heavy atom. The monoisotopic (exact) mass is 287 g/mol. The minimum Gasteiger partial charge on any atom is -0.350 e. The molecule has 21 heavy (non-hydrogen) atoms. The number of nitrogens with one attached hydrogen (secondary N) is 1. The van der Waals surface area contributed by atoms with Crippen molar-refractivity contribution in [2.24, 2.45) is 0 Å². The van der Waals surface area contributed by atoms with Crippen molar-refractivity contribution in [3.8, 4) is 0 Å². The number of hydrogen-bond donors (Lipinski definition) is 1. The van der Waals surface area contributed by atoms with Crippen molar-refractivity contribution in [2.75, 3.05) is 6.54 Å². The number of hydrogen-bond acceptors (Lipinski definition) is 3. The Kier molecular flexibility index (Phi) is 4.18. The molecule has 2 atom stereocenters. The van der Waals surface area contributed by atoms with Crippen molar-refractivity contribution in [3.63, 3.8) is 0 Å². The largest absolute Gasteiger partial charge is 0.350 e. The van der Waals surface area contributed by atoms with Gasteiger partial charge in [0.05, 0.1) is 12.6 Å². The molecule has 1 N–H and O–H groups in total. The van der Waals surface area contributed by atoms with Crippen LogP contribution in [0.3, 0.4) is 0 Å². The van der Waals surface area contributed by atoms with Crippen molar-refractivity contribution in [2.45, 2.75) is 50.6 Å². The summed E-state index contributed by atoms with van der Waals surface area (Å²) in [6.07, 6.45) is 7.06. The molecule has 0 spiro atoms. The Hall–Kier alpha value is -1.91. The molecule has 0 aromatic carbocycles. The third kappa shape index (κ3) is 3.23. The molecule has 1 aromatic heterocycles. The zero-order valence-electron chi connectivity index (χ0n) is 12.1. The van der Waals surface area contributed by atoms with Crippen molar-refractivity contribution in [1.82, 2.24) is 15.2 Å². The molecule has 2 heterocycles. The first-order chi connectivity index (χ1) is 10.2. The average molecular weight is 287 g/mol. The fourth-order valence-corrected chi connectivity index (χ4v) is 3.37. The van der Waals surface area contributed by atoms with E-state index in [0.29, 0.717) is 12.8 Å². The third-order valence-electron chi connectivity index (χ3n) is 4.43. The quantitative estimate of drug-likeness (QED) is 0.911. The Bertz CT molecular complexity index is 518. The van der Waals surface area contributed by atoms with Gasteiger partial charge in [-0.3, -0.25) is 14.6 Å². The van der Waals surface area contributed by atoms with Crippen LogP contribution in [0.5, 0.6) is 0 Å². The fraction of sp³-hybridized carbons (Fsp3) is 0.562. The van der Waals surface area contributed by atoms with Gasteiger partial charge in [-0.2, -0.15) is 0 Å². The molecule has 112 valence electrons. The minimum atomic E-state index is -0.0238. The molecule has 2 aliphatic rings. The lowest BCUT2D eigenvalue weighted by Gasteiger charge is -2.44. The molecular weight excluding hydrogens is 266 g/mol. The topological polar surface area (TPSA) is 62.3 Å². The molecule has 1 aliphatic carbocycles. The second-order valence-electron chi connectivity index (χ2n) is 5.87. The second kappa shape index (κ2) is 6.24.